The van der Waals surface area contributed by atoms with Crippen molar-refractivity contribution < 1.29 is 28.6 Å². The largest absolute Gasteiger partial charge is 0.496 e. The molecule has 0 bridgehead atoms. The van der Waals surface area contributed by atoms with E-state index in [1.54, 1.807) is 61.6 Å². The van der Waals surface area contributed by atoms with Gasteiger partial charge in [0.25, 0.3) is 17.7 Å². The molecule has 0 radical (unpaired) electrons. The third kappa shape index (κ3) is 3.94. The van der Waals surface area contributed by atoms with Crippen LogP contribution in [0.3, 0.4) is 0 Å². The van der Waals surface area contributed by atoms with Gasteiger partial charge in [0.2, 0.25) is 0 Å². The van der Waals surface area contributed by atoms with Crippen molar-refractivity contribution in [3.8, 4) is 17.2 Å². The normalized spacial score (nSPS) is 14.4. The van der Waals surface area contributed by atoms with Gasteiger partial charge in [-0.15, -0.1) is 0 Å². The Morgan fingerprint density at radius 1 is 0.806 bits per heavy atom. The third-order valence-electron chi connectivity index (χ3n) is 6.72. The van der Waals surface area contributed by atoms with E-state index in [1.807, 2.05) is 12.1 Å². The van der Waals surface area contributed by atoms with Crippen molar-refractivity contribution in [1.82, 2.24) is 9.80 Å². The van der Waals surface area contributed by atoms with Crippen LogP contribution in [0.2, 0.25) is 0 Å². The lowest BCUT2D eigenvalue weighted by Gasteiger charge is -2.30. The molecule has 0 fully saturated rings. The summed E-state index contributed by atoms with van der Waals surface area (Å²) < 4.78 is 16.3. The maximum atomic E-state index is 13.6. The fourth-order valence-electron chi connectivity index (χ4n) is 4.81. The fraction of sp³-hybridized carbons (Fsp3) is 0.250. The van der Waals surface area contributed by atoms with E-state index in [-0.39, 0.29) is 24.3 Å². The molecule has 3 aromatic carbocycles. The van der Waals surface area contributed by atoms with Gasteiger partial charge in [-0.3, -0.25) is 19.3 Å². The average Bonchev–Trinajstić information content (AvgIpc) is 3.16. The summed E-state index contributed by atoms with van der Waals surface area (Å²) in [6.07, 6.45) is 0.679. The fourth-order valence-corrected chi connectivity index (χ4v) is 4.81. The number of amides is 3. The zero-order chi connectivity index (χ0) is 25.4. The maximum absolute atomic E-state index is 13.6. The average molecular weight is 487 g/mol. The molecule has 0 saturated heterocycles. The monoisotopic (exact) mass is 486 g/mol. The lowest BCUT2D eigenvalue weighted by Crippen LogP contribution is -2.36. The highest BCUT2D eigenvalue weighted by Gasteiger charge is 2.35. The Balaban J connectivity index is 1.40. The Hall–Kier alpha value is -4.33. The second kappa shape index (κ2) is 9.37. The lowest BCUT2D eigenvalue weighted by atomic mass is 9.97. The van der Waals surface area contributed by atoms with Gasteiger partial charge in [-0.2, -0.15) is 0 Å². The van der Waals surface area contributed by atoms with Gasteiger partial charge in [-0.25, -0.2) is 0 Å². The van der Waals surface area contributed by atoms with E-state index in [1.165, 1.54) is 12.0 Å². The highest BCUT2D eigenvalue weighted by molar-refractivity contribution is 6.21. The summed E-state index contributed by atoms with van der Waals surface area (Å²) in [4.78, 5) is 42.2. The Labute approximate surface area is 209 Å². The topological polar surface area (TPSA) is 85.4 Å². The van der Waals surface area contributed by atoms with Crippen LogP contribution in [0, 0.1) is 0 Å². The van der Waals surface area contributed by atoms with E-state index in [0.717, 1.165) is 11.1 Å². The number of imide groups is 1. The minimum absolute atomic E-state index is 0.0659. The van der Waals surface area contributed by atoms with Crippen LogP contribution in [0.5, 0.6) is 17.2 Å². The summed E-state index contributed by atoms with van der Waals surface area (Å²) in [7, 11) is 4.70. The number of rotatable bonds is 6. The molecule has 8 nitrogen and oxygen atoms in total. The van der Waals surface area contributed by atoms with E-state index in [9.17, 15) is 14.4 Å². The molecule has 184 valence electrons. The van der Waals surface area contributed by atoms with Gasteiger partial charge >= 0.3 is 0 Å². The molecular formula is C28H26N2O6. The molecule has 0 aromatic heterocycles. The molecule has 2 aliphatic heterocycles. The molecule has 0 unspecified atom stereocenters. The maximum Gasteiger partial charge on any atom is 0.261 e. The molecule has 3 amide bonds. The molecule has 3 aromatic rings. The Kier molecular flexibility index (Phi) is 6.10. The summed E-state index contributed by atoms with van der Waals surface area (Å²) >= 11 is 0. The van der Waals surface area contributed by atoms with Crippen LogP contribution in [-0.4, -0.2) is 55.4 Å². The first-order chi connectivity index (χ1) is 17.4. The quantitative estimate of drug-likeness (QED) is 0.494. The van der Waals surface area contributed by atoms with E-state index in [0.29, 0.717) is 59.0 Å². The SMILES string of the molecule is COc1cc2c(cc1OC)CN(C(=O)c1cc(CN3C(=O)c4ccccc4C3=O)ccc1OC)CC2. The standard InChI is InChI=1S/C28H26N2O6/c1-34-23-9-8-17(15-30-27(32)20-6-4-5-7-21(20)28(30)33)12-22(23)26(31)29-11-10-18-13-24(35-2)25(36-3)14-19(18)16-29/h4-9,12-14H,10-11,15-16H2,1-3H3. The molecule has 0 saturated carbocycles. The molecule has 5 rings (SSSR count). The number of carbonyl (C=O) groups is 3. The van der Waals surface area contributed by atoms with Crippen molar-refractivity contribution in [2.75, 3.05) is 27.9 Å². The lowest BCUT2D eigenvalue weighted by molar-refractivity contribution is 0.0642. The van der Waals surface area contributed by atoms with Crippen molar-refractivity contribution >= 4 is 17.7 Å². The summed E-state index contributed by atoms with van der Waals surface area (Å²) in [6, 6.07) is 15.8. The second-order valence-electron chi connectivity index (χ2n) is 8.73. The van der Waals surface area contributed by atoms with Crippen molar-refractivity contribution in [3.63, 3.8) is 0 Å². The van der Waals surface area contributed by atoms with Crippen LogP contribution in [0.4, 0.5) is 0 Å². The van der Waals surface area contributed by atoms with Crippen LogP contribution in [-0.2, 0) is 19.5 Å². The van der Waals surface area contributed by atoms with Crippen LogP contribution in [0.1, 0.15) is 47.8 Å². The molecule has 0 atom stereocenters. The smallest absolute Gasteiger partial charge is 0.261 e. The number of carbonyl (C=O) groups excluding carboxylic acids is 3. The molecule has 36 heavy (non-hydrogen) atoms. The van der Waals surface area contributed by atoms with Crippen LogP contribution in [0.15, 0.2) is 54.6 Å². The summed E-state index contributed by atoms with van der Waals surface area (Å²) in [6.45, 7) is 1.02. The predicted molar refractivity (Wildman–Crippen MR) is 132 cm³/mol. The van der Waals surface area contributed by atoms with E-state index in [2.05, 4.69) is 0 Å². The number of hydrogen-bond acceptors (Lipinski definition) is 6. The predicted octanol–water partition coefficient (Wildman–Crippen LogP) is 3.71. The number of nitrogens with zero attached hydrogens (tertiary/aromatic N) is 2. The van der Waals surface area contributed by atoms with Crippen molar-refractivity contribution in [3.05, 3.63) is 88.0 Å². The first-order valence-electron chi connectivity index (χ1n) is 11.6. The number of hydrogen-bond donors (Lipinski definition) is 0. The zero-order valence-corrected chi connectivity index (χ0v) is 20.4. The van der Waals surface area contributed by atoms with E-state index in [4.69, 9.17) is 14.2 Å². The summed E-state index contributed by atoms with van der Waals surface area (Å²) in [5.41, 5.74) is 3.95. The van der Waals surface area contributed by atoms with Gasteiger partial charge in [0.1, 0.15) is 5.75 Å². The van der Waals surface area contributed by atoms with Crippen molar-refractivity contribution in [2.45, 2.75) is 19.5 Å². The third-order valence-corrected chi connectivity index (χ3v) is 6.72. The minimum Gasteiger partial charge on any atom is -0.496 e. The molecule has 0 N–H and O–H groups in total. The number of methoxy groups -OCH3 is 3. The first-order valence-corrected chi connectivity index (χ1v) is 11.6. The van der Waals surface area contributed by atoms with Gasteiger partial charge in [-0.05, 0) is 59.5 Å². The molecule has 2 aliphatic rings. The Morgan fingerprint density at radius 2 is 1.42 bits per heavy atom. The minimum atomic E-state index is -0.337. The number of benzene rings is 3. The molecule has 0 spiro atoms. The molecular weight excluding hydrogens is 460 g/mol. The number of ether oxygens (including phenoxy) is 3. The summed E-state index contributed by atoms with van der Waals surface area (Å²) in [5.74, 6) is 0.859. The van der Waals surface area contributed by atoms with Crippen molar-refractivity contribution in [2.24, 2.45) is 0 Å². The van der Waals surface area contributed by atoms with E-state index >= 15 is 0 Å². The van der Waals surface area contributed by atoms with Crippen LogP contribution in [0.25, 0.3) is 0 Å². The highest BCUT2D eigenvalue weighted by Crippen LogP contribution is 2.34. The molecule has 2 heterocycles. The first kappa shape index (κ1) is 23.4. The van der Waals surface area contributed by atoms with Gasteiger partial charge < -0.3 is 19.1 Å². The van der Waals surface area contributed by atoms with Gasteiger partial charge in [0.15, 0.2) is 11.5 Å². The van der Waals surface area contributed by atoms with Crippen LogP contribution < -0.4 is 14.2 Å². The van der Waals surface area contributed by atoms with Crippen molar-refractivity contribution in [1.29, 1.82) is 0 Å². The van der Waals surface area contributed by atoms with Crippen LogP contribution >= 0.6 is 0 Å². The Bertz CT molecular complexity index is 1350. The number of fused-ring (bicyclic) bond motifs is 2. The van der Waals surface area contributed by atoms with Gasteiger partial charge in [0.05, 0.1) is 44.6 Å². The highest BCUT2D eigenvalue weighted by atomic mass is 16.5. The molecule has 0 aliphatic carbocycles. The Morgan fingerprint density at radius 3 is 2.03 bits per heavy atom. The van der Waals surface area contributed by atoms with E-state index < -0.39 is 0 Å². The van der Waals surface area contributed by atoms with Gasteiger partial charge in [-0.1, -0.05) is 18.2 Å². The molecule has 8 heteroatoms. The van der Waals surface area contributed by atoms with Gasteiger partial charge in [0, 0.05) is 13.1 Å². The second-order valence-corrected chi connectivity index (χ2v) is 8.73. The zero-order valence-electron chi connectivity index (χ0n) is 20.4. The summed E-state index contributed by atoms with van der Waals surface area (Å²) in [5, 5.41) is 0.